The number of allylic oxidation sites excluding steroid dienone is 4. The Labute approximate surface area is 150 Å². The van der Waals surface area contributed by atoms with E-state index in [2.05, 4.69) is 10.3 Å². The van der Waals surface area contributed by atoms with Crippen molar-refractivity contribution >= 4 is 11.9 Å². The molecule has 0 fully saturated rings. The largest absolute Gasteiger partial charge is 0.438 e. The van der Waals surface area contributed by atoms with E-state index < -0.39 is 5.92 Å². The molecule has 0 spiro atoms. The number of hydrogen-bond acceptors (Lipinski definition) is 4. The molecule has 0 bridgehead atoms. The Balaban J connectivity index is 1.86. The predicted octanol–water partition coefficient (Wildman–Crippen LogP) is 5.02. The van der Waals surface area contributed by atoms with Crippen molar-refractivity contribution in [2.24, 2.45) is 0 Å². The van der Waals surface area contributed by atoms with Crippen molar-refractivity contribution < 1.29 is 13.5 Å². The fraction of sp³-hybridized carbons (Fsp3) is 0.100. The van der Waals surface area contributed by atoms with Crippen LogP contribution in [0.25, 0.3) is 5.70 Å². The van der Waals surface area contributed by atoms with Crippen molar-refractivity contribution in [1.29, 1.82) is 5.41 Å². The standard InChI is InChI=1S/C20H17F2N3O/c1-20(21,22)14-7-9-16(10-8-14)26-19-17(5-3-13-24-19)18-6-2-4-15(25-18)11-12-23/h2-13,23,25H,1H3/b15-11-,23-12?. The first kappa shape index (κ1) is 17.5. The number of benzene rings is 1. The smallest absolute Gasteiger partial charge is 0.270 e. The molecule has 4 nitrogen and oxygen atoms in total. The lowest BCUT2D eigenvalue weighted by atomic mass is 10.1. The molecule has 0 radical (unpaired) electrons. The lowest BCUT2D eigenvalue weighted by molar-refractivity contribution is 0.0174. The van der Waals surface area contributed by atoms with Gasteiger partial charge in [-0.2, -0.15) is 0 Å². The van der Waals surface area contributed by atoms with Crippen molar-refractivity contribution in [1.82, 2.24) is 10.3 Å². The molecule has 0 unspecified atom stereocenters. The van der Waals surface area contributed by atoms with Gasteiger partial charge in [-0.05, 0) is 54.6 Å². The van der Waals surface area contributed by atoms with E-state index in [0.717, 1.165) is 23.9 Å². The number of alkyl halides is 2. The normalized spacial score (nSPS) is 15.3. The topological polar surface area (TPSA) is 58.0 Å². The van der Waals surface area contributed by atoms with Gasteiger partial charge in [0.05, 0.1) is 11.3 Å². The molecule has 6 heteroatoms. The van der Waals surface area contributed by atoms with Crippen LogP contribution in [0.2, 0.25) is 0 Å². The zero-order chi connectivity index (χ0) is 18.6. The minimum Gasteiger partial charge on any atom is -0.438 e. The first-order valence-electron chi connectivity index (χ1n) is 7.95. The lowest BCUT2D eigenvalue weighted by Gasteiger charge is -2.17. The summed E-state index contributed by atoms with van der Waals surface area (Å²) in [5.74, 6) is -2.12. The fourth-order valence-corrected chi connectivity index (χ4v) is 2.44. The Morgan fingerprint density at radius 1 is 1.19 bits per heavy atom. The van der Waals surface area contributed by atoms with Gasteiger partial charge in [-0.25, -0.2) is 13.8 Å². The van der Waals surface area contributed by atoms with Crippen molar-refractivity contribution in [2.75, 3.05) is 0 Å². The van der Waals surface area contributed by atoms with E-state index >= 15 is 0 Å². The van der Waals surface area contributed by atoms with Crippen molar-refractivity contribution in [3.63, 3.8) is 0 Å². The highest BCUT2D eigenvalue weighted by molar-refractivity contribution is 5.76. The monoisotopic (exact) mass is 353 g/mol. The molecule has 0 atom stereocenters. The molecule has 1 aromatic carbocycles. The fourth-order valence-electron chi connectivity index (χ4n) is 2.44. The van der Waals surface area contributed by atoms with Gasteiger partial charge in [0.15, 0.2) is 0 Å². The summed E-state index contributed by atoms with van der Waals surface area (Å²) in [4.78, 5) is 4.25. The van der Waals surface area contributed by atoms with E-state index in [1.807, 2.05) is 24.3 Å². The van der Waals surface area contributed by atoms with Crippen LogP contribution < -0.4 is 10.1 Å². The van der Waals surface area contributed by atoms with Gasteiger partial charge in [0.25, 0.3) is 5.92 Å². The van der Waals surface area contributed by atoms with Crippen LogP contribution in [0.4, 0.5) is 8.78 Å². The molecule has 2 heterocycles. The Morgan fingerprint density at radius 2 is 1.96 bits per heavy atom. The third-order valence-electron chi connectivity index (χ3n) is 3.72. The minimum absolute atomic E-state index is 0.0747. The summed E-state index contributed by atoms with van der Waals surface area (Å²) in [5.41, 5.74) is 2.18. The van der Waals surface area contributed by atoms with Gasteiger partial charge in [-0.3, -0.25) is 0 Å². The van der Waals surface area contributed by atoms with Gasteiger partial charge in [-0.15, -0.1) is 0 Å². The number of pyridine rings is 1. The summed E-state index contributed by atoms with van der Waals surface area (Å²) >= 11 is 0. The average Bonchev–Trinajstić information content (AvgIpc) is 2.62. The van der Waals surface area contributed by atoms with E-state index in [0.29, 0.717) is 11.6 Å². The van der Waals surface area contributed by atoms with Crippen LogP contribution in [0.3, 0.4) is 0 Å². The zero-order valence-electron chi connectivity index (χ0n) is 14.0. The molecule has 1 aliphatic rings. The summed E-state index contributed by atoms with van der Waals surface area (Å²) in [5, 5.41) is 10.4. The highest BCUT2D eigenvalue weighted by Gasteiger charge is 2.24. The molecule has 3 rings (SSSR count). The Morgan fingerprint density at radius 3 is 2.65 bits per heavy atom. The van der Waals surface area contributed by atoms with Gasteiger partial charge in [0.2, 0.25) is 5.88 Å². The lowest BCUT2D eigenvalue weighted by Crippen LogP contribution is -2.14. The molecular formula is C20H17F2N3O. The van der Waals surface area contributed by atoms with Crippen LogP contribution >= 0.6 is 0 Å². The zero-order valence-corrected chi connectivity index (χ0v) is 14.0. The first-order valence-corrected chi connectivity index (χ1v) is 7.95. The second kappa shape index (κ2) is 7.31. The summed E-state index contributed by atoms with van der Waals surface area (Å²) < 4.78 is 32.4. The third kappa shape index (κ3) is 4.03. The molecule has 0 amide bonds. The number of halogens is 2. The third-order valence-corrected chi connectivity index (χ3v) is 3.72. The maximum Gasteiger partial charge on any atom is 0.270 e. The van der Waals surface area contributed by atoms with Gasteiger partial charge < -0.3 is 15.5 Å². The molecule has 0 saturated heterocycles. The first-order chi connectivity index (χ1) is 12.5. The van der Waals surface area contributed by atoms with E-state index in [1.54, 1.807) is 18.3 Å². The van der Waals surface area contributed by atoms with Crippen LogP contribution in [0.1, 0.15) is 18.1 Å². The number of ether oxygens (including phenoxy) is 1. The van der Waals surface area contributed by atoms with Gasteiger partial charge in [-0.1, -0.05) is 6.08 Å². The molecule has 2 N–H and O–H groups in total. The average molecular weight is 353 g/mol. The molecule has 0 saturated carbocycles. The van der Waals surface area contributed by atoms with Crippen LogP contribution in [-0.2, 0) is 5.92 Å². The summed E-state index contributed by atoms with van der Waals surface area (Å²) in [6, 6.07) is 9.29. The van der Waals surface area contributed by atoms with E-state index in [-0.39, 0.29) is 5.56 Å². The number of nitrogens with one attached hydrogen (secondary N) is 2. The number of hydrogen-bond donors (Lipinski definition) is 2. The van der Waals surface area contributed by atoms with E-state index in [1.165, 1.54) is 30.5 Å². The van der Waals surface area contributed by atoms with Gasteiger partial charge >= 0.3 is 0 Å². The van der Waals surface area contributed by atoms with Crippen molar-refractivity contribution in [3.05, 3.63) is 83.7 Å². The van der Waals surface area contributed by atoms with Crippen LogP contribution in [-0.4, -0.2) is 11.2 Å². The molecule has 1 aromatic heterocycles. The predicted molar refractivity (Wildman–Crippen MR) is 97.4 cm³/mol. The molecule has 1 aliphatic heterocycles. The minimum atomic E-state index is -2.89. The Kier molecular flexibility index (Phi) is 4.93. The number of nitrogens with zero attached hydrogens (tertiary/aromatic N) is 1. The van der Waals surface area contributed by atoms with Crippen molar-refractivity contribution in [2.45, 2.75) is 12.8 Å². The quantitative estimate of drug-likeness (QED) is 0.742. The molecule has 0 aliphatic carbocycles. The van der Waals surface area contributed by atoms with Gasteiger partial charge in [0.1, 0.15) is 5.75 Å². The van der Waals surface area contributed by atoms with Crippen LogP contribution in [0, 0.1) is 5.41 Å². The van der Waals surface area contributed by atoms with Gasteiger partial charge in [0, 0.05) is 30.6 Å². The summed E-state index contributed by atoms with van der Waals surface area (Å²) in [6.45, 7) is 0.855. The second-order valence-corrected chi connectivity index (χ2v) is 5.72. The highest BCUT2D eigenvalue weighted by Crippen LogP contribution is 2.31. The van der Waals surface area contributed by atoms with Crippen LogP contribution in [0.5, 0.6) is 11.6 Å². The number of dihydropyridines is 1. The van der Waals surface area contributed by atoms with E-state index in [4.69, 9.17) is 10.1 Å². The van der Waals surface area contributed by atoms with Crippen molar-refractivity contribution in [3.8, 4) is 11.6 Å². The van der Waals surface area contributed by atoms with E-state index in [9.17, 15) is 8.78 Å². The maximum absolute atomic E-state index is 13.3. The van der Waals surface area contributed by atoms with Crippen LogP contribution in [0.15, 0.2) is 72.6 Å². The maximum atomic E-state index is 13.3. The highest BCUT2D eigenvalue weighted by atomic mass is 19.3. The summed E-state index contributed by atoms with van der Waals surface area (Å²) in [6.07, 6.45) is 9.99. The second-order valence-electron chi connectivity index (χ2n) is 5.72. The Bertz CT molecular complexity index is 894. The Hall–Kier alpha value is -3.28. The number of rotatable bonds is 5. The molecular weight excluding hydrogens is 336 g/mol. The SMILES string of the molecule is CC(F)(F)c1ccc(Oc2ncccc2C2=CC=C/C(=C/C=N)N2)cc1. The summed E-state index contributed by atoms with van der Waals surface area (Å²) in [7, 11) is 0. The molecule has 26 heavy (non-hydrogen) atoms. The molecule has 132 valence electrons. The molecule has 2 aromatic rings. The number of aromatic nitrogens is 1.